The van der Waals surface area contributed by atoms with Gasteiger partial charge in [-0.15, -0.1) is 0 Å². The predicted molar refractivity (Wildman–Crippen MR) is 68.1 cm³/mol. The van der Waals surface area contributed by atoms with E-state index in [1.54, 1.807) is 17.8 Å². The highest BCUT2D eigenvalue weighted by molar-refractivity contribution is 8.00. The van der Waals surface area contributed by atoms with E-state index in [2.05, 4.69) is 13.8 Å². The first-order valence-electron chi connectivity index (χ1n) is 4.91. The molecule has 0 radical (unpaired) electrons. The second kappa shape index (κ2) is 5.57. The molecule has 0 bridgehead atoms. The van der Waals surface area contributed by atoms with Crippen LogP contribution in [0.3, 0.4) is 0 Å². The highest BCUT2D eigenvalue weighted by Crippen LogP contribution is 2.20. The number of hydrogen-bond donors (Lipinski definition) is 0. The van der Waals surface area contributed by atoms with Gasteiger partial charge in [-0.05, 0) is 24.3 Å². The monoisotopic (exact) mass is 242 g/mol. The zero-order valence-electron chi connectivity index (χ0n) is 9.21. The van der Waals surface area contributed by atoms with Gasteiger partial charge in [-0.25, -0.2) is 0 Å². The van der Waals surface area contributed by atoms with Crippen LogP contribution in [0.2, 0.25) is 5.02 Å². The first-order chi connectivity index (χ1) is 7.00. The number of Topliss-reactive ketones (excluding diaryl/α,β-unsaturated/α-hetero) is 1. The van der Waals surface area contributed by atoms with E-state index in [0.29, 0.717) is 21.6 Å². The normalized spacial score (nSPS) is 10.7. The summed E-state index contributed by atoms with van der Waals surface area (Å²) in [5.74, 6) is 0.614. The lowest BCUT2D eigenvalue weighted by Gasteiger charge is -2.06. The standard InChI is InChI=1S/C12H15ClOS/c1-8(2)15-7-12(14)10-6-9(3)4-5-11(10)13/h4-6,8H,7H2,1-3H3. The predicted octanol–water partition coefficient (Wildman–Crippen LogP) is 3.97. The van der Waals surface area contributed by atoms with Gasteiger partial charge in [-0.1, -0.05) is 37.1 Å². The topological polar surface area (TPSA) is 17.1 Å². The fourth-order valence-corrected chi connectivity index (χ4v) is 2.04. The SMILES string of the molecule is Cc1ccc(Cl)c(C(=O)CSC(C)C)c1. The lowest BCUT2D eigenvalue weighted by Crippen LogP contribution is -2.06. The summed E-state index contributed by atoms with van der Waals surface area (Å²) in [4.78, 5) is 11.8. The van der Waals surface area contributed by atoms with Crippen LogP contribution in [0.25, 0.3) is 0 Å². The number of benzene rings is 1. The Kier molecular flexibility index (Phi) is 4.68. The highest BCUT2D eigenvalue weighted by Gasteiger charge is 2.11. The Morgan fingerprint density at radius 3 is 2.73 bits per heavy atom. The van der Waals surface area contributed by atoms with Crippen molar-refractivity contribution in [2.24, 2.45) is 0 Å². The van der Waals surface area contributed by atoms with Gasteiger partial charge in [0.25, 0.3) is 0 Å². The summed E-state index contributed by atoms with van der Waals surface area (Å²) in [6.07, 6.45) is 0. The fraction of sp³-hybridized carbons (Fsp3) is 0.417. The van der Waals surface area contributed by atoms with Crippen molar-refractivity contribution in [3.63, 3.8) is 0 Å². The first-order valence-corrected chi connectivity index (χ1v) is 6.34. The molecule has 0 fully saturated rings. The summed E-state index contributed by atoms with van der Waals surface area (Å²) in [5, 5.41) is 1.02. The number of hydrogen-bond acceptors (Lipinski definition) is 2. The maximum atomic E-state index is 11.8. The van der Waals surface area contributed by atoms with Gasteiger partial charge < -0.3 is 0 Å². The molecule has 1 rings (SSSR count). The van der Waals surface area contributed by atoms with Crippen molar-refractivity contribution in [3.05, 3.63) is 34.3 Å². The average Bonchev–Trinajstić information content (AvgIpc) is 2.18. The molecular weight excluding hydrogens is 228 g/mol. The number of rotatable bonds is 4. The molecule has 1 aromatic rings. The van der Waals surface area contributed by atoms with Crippen molar-refractivity contribution in [2.45, 2.75) is 26.0 Å². The fourth-order valence-electron chi connectivity index (χ4n) is 1.17. The molecule has 15 heavy (non-hydrogen) atoms. The van der Waals surface area contributed by atoms with E-state index >= 15 is 0 Å². The van der Waals surface area contributed by atoms with E-state index in [9.17, 15) is 4.79 Å². The molecule has 0 aliphatic rings. The second-order valence-corrected chi connectivity index (χ2v) is 5.74. The van der Waals surface area contributed by atoms with Gasteiger partial charge in [0.1, 0.15) is 0 Å². The van der Waals surface area contributed by atoms with Gasteiger partial charge >= 0.3 is 0 Å². The molecule has 0 amide bonds. The summed E-state index contributed by atoms with van der Waals surface area (Å²) >= 11 is 7.62. The molecular formula is C12H15ClOS. The van der Waals surface area contributed by atoms with Crippen molar-refractivity contribution < 1.29 is 4.79 Å². The summed E-state index contributed by atoms with van der Waals surface area (Å²) < 4.78 is 0. The molecule has 0 heterocycles. The summed E-state index contributed by atoms with van der Waals surface area (Å²) in [6, 6.07) is 5.55. The maximum absolute atomic E-state index is 11.8. The largest absolute Gasteiger partial charge is 0.293 e. The lowest BCUT2D eigenvalue weighted by atomic mass is 10.1. The molecule has 0 spiro atoms. The van der Waals surface area contributed by atoms with Crippen LogP contribution in [-0.2, 0) is 0 Å². The first kappa shape index (κ1) is 12.6. The van der Waals surface area contributed by atoms with Gasteiger partial charge in [0.2, 0.25) is 0 Å². The minimum Gasteiger partial charge on any atom is -0.293 e. The molecule has 0 unspecified atom stereocenters. The summed E-state index contributed by atoms with van der Waals surface area (Å²) in [5.41, 5.74) is 1.71. The van der Waals surface area contributed by atoms with Gasteiger partial charge in [0, 0.05) is 5.56 Å². The Labute approximate surface area is 100 Å². The van der Waals surface area contributed by atoms with Crippen LogP contribution < -0.4 is 0 Å². The van der Waals surface area contributed by atoms with Crippen LogP contribution in [-0.4, -0.2) is 16.8 Å². The molecule has 0 atom stereocenters. The van der Waals surface area contributed by atoms with Crippen molar-refractivity contribution in [1.29, 1.82) is 0 Å². The molecule has 3 heteroatoms. The Morgan fingerprint density at radius 1 is 1.47 bits per heavy atom. The zero-order chi connectivity index (χ0) is 11.4. The molecule has 0 aliphatic carbocycles. The van der Waals surface area contributed by atoms with Crippen molar-refractivity contribution >= 4 is 29.1 Å². The van der Waals surface area contributed by atoms with E-state index in [1.807, 2.05) is 19.1 Å². The van der Waals surface area contributed by atoms with Gasteiger partial charge in [-0.2, -0.15) is 11.8 Å². The smallest absolute Gasteiger partial charge is 0.174 e. The minimum atomic E-state index is 0.113. The molecule has 0 saturated carbocycles. The Bertz CT molecular complexity index is 361. The lowest BCUT2D eigenvalue weighted by molar-refractivity contribution is 0.102. The number of aryl methyl sites for hydroxylation is 1. The molecule has 82 valence electrons. The highest BCUT2D eigenvalue weighted by atomic mass is 35.5. The van der Waals surface area contributed by atoms with E-state index in [1.165, 1.54) is 0 Å². The van der Waals surface area contributed by atoms with Crippen LogP contribution in [0.15, 0.2) is 18.2 Å². The van der Waals surface area contributed by atoms with Gasteiger partial charge in [0.15, 0.2) is 5.78 Å². The molecule has 0 aliphatic heterocycles. The second-order valence-electron chi connectivity index (χ2n) is 3.77. The van der Waals surface area contributed by atoms with Gasteiger partial charge in [-0.3, -0.25) is 4.79 Å². The minimum absolute atomic E-state index is 0.113. The molecule has 1 aromatic carbocycles. The Morgan fingerprint density at radius 2 is 2.13 bits per heavy atom. The number of carbonyl (C=O) groups excluding carboxylic acids is 1. The number of ketones is 1. The Balaban J connectivity index is 2.77. The van der Waals surface area contributed by atoms with E-state index < -0.39 is 0 Å². The van der Waals surface area contributed by atoms with E-state index in [-0.39, 0.29) is 5.78 Å². The van der Waals surface area contributed by atoms with Crippen LogP contribution >= 0.6 is 23.4 Å². The zero-order valence-corrected chi connectivity index (χ0v) is 10.8. The number of thioether (sulfide) groups is 1. The van der Waals surface area contributed by atoms with Crippen LogP contribution in [0, 0.1) is 6.92 Å². The van der Waals surface area contributed by atoms with Crippen molar-refractivity contribution in [3.8, 4) is 0 Å². The third kappa shape index (κ3) is 3.88. The average molecular weight is 243 g/mol. The Hall–Kier alpha value is -0.470. The number of carbonyl (C=O) groups is 1. The van der Waals surface area contributed by atoms with Crippen molar-refractivity contribution in [2.75, 3.05) is 5.75 Å². The van der Waals surface area contributed by atoms with Gasteiger partial charge in [0.05, 0.1) is 10.8 Å². The van der Waals surface area contributed by atoms with E-state index in [0.717, 1.165) is 5.56 Å². The molecule has 0 saturated heterocycles. The summed E-state index contributed by atoms with van der Waals surface area (Å²) in [6.45, 7) is 6.12. The quantitative estimate of drug-likeness (QED) is 0.744. The third-order valence-corrected chi connectivity index (χ3v) is 3.40. The molecule has 1 nitrogen and oxygen atoms in total. The van der Waals surface area contributed by atoms with E-state index in [4.69, 9.17) is 11.6 Å². The molecule has 0 aromatic heterocycles. The van der Waals surface area contributed by atoms with Crippen LogP contribution in [0.5, 0.6) is 0 Å². The summed E-state index contributed by atoms with van der Waals surface area (Å²) in [7, 11) is 0. The van der Waals surface area contributed by atoms with Crippen LogP contribution in [0.1, 0.15) is 29.8 Å². The van der Waals surface area contributed by atoms with Crippen LogP contribution in [0.4, 0.5) is 0 Å². The number of halogens is 1. The maximum Gasteiger partial charge on any atom is 0.174 e. The van der Waals surface area contributed by atoms with Crippen molar-refractivity contribution in [1.82, 2.24) is 0 Å². The third-order valence-electron chi connectivity index (χ3n) is 1.97. The molecule has 0 N–H and O–H groups in total.